The SMILES string of the molecule is COc1ccc(C(=O)NCc2ccc(C(=O)c3ccsc3)s2)cc1F. The van der Waals surface area contributed by atoms with Crippen LogP contribution < -0.4 is 10.1 Å². The van der Waals surface area contributed by atoms with Crippen LogP contribution in [0.2, 0.25) is 0 Å². The Labute approximate surface area is 151 Å². The van der Waals surface area contributed by atoms with Gasteiger partial charge in [-0.05, 0) is 41.8 Å². The Morgan fingerprint density at radius 3 is 2.68 bits per heavy atom. The van der Waals surface area contributed by atoms with Gasteiger partial charge >= 0.3 is 0 Å². The normalized spacial score (nSPS) is 10.5. The lowest BCUT2D eigenvalue weighted by Gasteiger charge is -2.06. The van der Waals surface area contributed by atoms with Gasteiger partial charge < -0.3 is 10.1 Å². The van der Waals surface area contributed by atoms with Crippen LogP contribution in [0.1, 0.15) is 30.5 Å². The van der Waals surface area contributed by atoms with Crippen LogP contribution in [-0.2, 0) is 6.54 Å². The number of ether oxygens (including phenoxy) is 1. The molecule has 0 saturated heterocycles. The number of hydrogen-bond donors (Lipinski definition) is 1. The monoisotopic (exact) mass is 375 g/mol. The number of thiophene rings is 2. The largest absolute Gasteiger partial charge is 0.494 e. The van der Waals surface area contributed by atoms with Gasteiger partial charge in [0.25, 0.3) is 5.91 Å². The molecule has 1 aromatic carbocycles. The van der Waals surface area contributed by atoms with Crippen molar-refractivity contribution in [2.45, 2.75) is 6.54 Å². The molecule has 0 saturated carbocycles. The minimum absolute atomic E-state index is 0.0268. The van der Waals surface area contributed by atoms with Crippen LogP contribution in [0.4, 0.5) is 4.39 Å². The van der Waals surface area contributed by atoms with Crippen molar-refractivity contribution in [2.75, 3.05) is 7.11 Å². The predicted octanol–water partition coefficient (Wildman–Crippen LogP) is 4.12. The molecular formula is C18H14FNO3S2. The number of amides is 1. The van der Waals surface area contributed by atoms with E-state index in [4.69, 9.17) is 4.74 Å². The van der Waals surface area contributed by atoms with E-state index < -0.39 is 5.82 Å². The van der Waals surface area contributed by atoms with Crippen molar-refractivity contribution < 1.29 is 18.7 Å². The van der Waals surface area contributed by atoms with Crippen molar-refractivity contribution in [3.05, 3.63) is 73.9 Å². The molecule has 1 amide bonds. The summed E-state index contributed by atoms with van der Waals surface area (Å²) in [7, 11) is 1.37. The number of rotatable bonds is 6. The highest BCUT2D eigenvalue weighted by Crippen LogP contribution is 2.22. The first-order valence-corrected chi connectivity index (χ1v) is 9.12. The highest BCUT2D eigenvalue weighted by Gasteiger charge is 2.14. The van der Waals surface area contributed by atoms with Crippen molar-refractivity contribution in [3.63, 3.8) is 0 Å². The zero-order valence-electron chi connectivity index (χ0n) is 13.2. The topological polar surface area (TPSA) is 55.4 Å². The Balaban J connectivity index is 1.63. The van der Waals surface area contributed by atoms with Crippen LogP contribution in [0.5, 0.6) is 5.75 Å². The Kier molecular flexibility index (Phi) is 5.25. The molecule has 4 nitrogen and oxygen atoms in total. The second kappa shape index (κ2) is 7.58. The molecule has 25 heavy (non-hydrogen) atoms. The summed E-state index contributed by atoms with van der Waals surface area (Å²) in [4.78, 5) is 25.8. The summed E-state index contributed by atoms with van der Waals surface area (Å²) < 4.78 is 18.5. The molecule has 7 heteroatoms. The van der Waals surface area contributed by atoms with Gasteiger partial charge in [-0.15, -0.1) is 11.3 Å². The summed E-state index contributed by atoms with van der Waals surface area (Å²) in [5.41, 5.74) is 0.876. The van der Waals surface area contributed by atoms with E-state index in [2.05, 4.69) is 5.32 Å². The number of carbonyl (C=O) groups is 2. The molecule has 3 rings (SSSR count). The average Bonchev–Trinajstić information content (AvgIpc) is 3.30. The maximum Gasteiger partial charge on any atom is 0.251 e. The molecule has 0 unspecified atom stereocenters. The molecule has 1 N–H and O–H groups in total. The third-order valence-corrected chi connectivity index (χ3v) is 5.27. The van der Waals surface area contributed by atoms with Gasteiger partial charge in [0.15, 0.2) is 11.6 Å². The fraction of sp³-hybridized carbons (Fsp3) is 0.111. The first-order valence-electron chi connectivity index (χ1n) is 7.36. The fourth-order valence-corrected chi connectivity index (χ4v) is 3.75. The van der Waals surface area contributed by atoms with E-state index >= 15 is 0 Å². The summed E-state index contributed by atoms with van der Waals surface area (Å²) in [6.45, 7) is 0.272. The van der Waals surface area contributed by atoms with Crippen LogP contribution in [0.15, 0.2) is 47.2 Å². The minimum Gasteiger partial charge on any atom is -0.494 e. The van der Waals surface area contributed by atoms with E-state index in [1.165, 1.54) is 41.9 Å². The van der Waals surface area contributed by atoms with E-state index in [0.29, 0.717) is 10.4 Å². The lowest BCUT2D eigenvalue weighted by Crippen LogP contribution is -2.22. The lowest BCUT2D eigenvalue weighted by atomic mass is 10.2. The van der Waals surface area contributed by atoms with Gasteiger partial charge in [-0.2, -0.15) is 11.3 Å². The molecule has 0 aliphatic rings. The number of ketones is 1. The van der Waals surface area contributed by atoms with Crippen LogP contribution >= 0.6 is 22.7 Å². The molecule has 128 valence electrons. The standard InChI is InChI=1S/C18H14FNO3S2/c1-23-15-4-2-11(8-14(15)19)18(22)20-9-13-3-5-16(25-13)17(21)12-6-7-24-10-12/h2-8,10H,9H2,1H3,(H,20,22). The quantitative estimate of drug-likeness (QED) is 0.660. The molecule has 0 bridgehead atoms. The van der Waals surface area contributed by atoms with E-state index in [1.54, 1.807) is 18.2 Å². The van der Waals surface area contributed by atoms with Gasteiger partial charge in [0, 0.05) is 21.4 Å². The van der Waals surface area contributed by atoms with Crippen LogP contribution in [-0.4, -0.2) is 18.8 Å². The number of methoxy groups -OCH3 is 1. The first kappa shape index (κ1) is 17.3. The smallest absolute Gasteiger partial charge is 0.251 e. The van der Waals surface area contributed by atoms with Crippen molar-refractivity contribution in [3.8, 4) is 5.75 Å². The van der Waals surface area contributed by atoms with Crippen LogP contribution in [0.25, 0.3) is 0 Å². The third kappa shape index (κ3) is 3.94. The van der Waals surface area contributed by atoms with Crippen LogP contribution in [0, 0.1) is 5.82 Å². The van der Waals surface area contributed by atoms with E-state index in [0.717, 1.165) is 10.9 Å². The molecular weight excluding hydrogens is 361 g/mol. The van der Waals surface area contributed by atoms with Gasteiger partial charge in [-0.25, -0.2) is 4.39 Å². The van der Waals surface area contributed by atoms with Gasteiger partial charge in [-0.3, -0.25) is 9.59 Å². The van der Waals surface area contributed by atoms with E-state index in [9.17, 15) is 14.0 Å². The van der Waals surface area contributed by atoms with Gasteiger partial charge in [0.1, 0.15) is 0 Å². The maximum atomic E-state index is 13.7. The molecule has 0 aliphatic carbocycles. The average molecular weight is 375 g/mol. The zero-order chi connectivity index (χ0) is 17.8. The number of hydrogen-bond acceptors (Lipinski definition) is 5. The van der Waals surface area contributed by atoms with Gasteiger partial charge in [0.2, 0.25) is 5.78 Å². The third-order valence-electron chi connectivity index (χ3n) is 3.51. The molecule has 0 radical (unpaired) electrons. The zero-order valence-corrected chi connectivity index (χ0v) is 14.9. The van der Waals surface area contributed by atoms with Crippen molar-refractivity contribution in [1.29, 1.82) is 0 Å². The Bertz CT molecular complexity index is 903. The van der Waals surface area contributed by atoms with Crippen molar-refractivity contribution in [1.82, 2.24) is 5.32 Å². The molecule has 0 atom stereocenters. The molecule has 2 heterocycles. The molecule has 0 fully saturated rings. The van der Waals surface area contributed by atoms with Gasteiger partial charge in [0.05, 0.1) is 18.5 Å². The molecule has 3 aromatic rings. The maximum absolute atomic E-state index is 13.7. The number of carbonyl (C=O) groups excluding carboxylic acids is 2. The second-order valence-corrected chi connectivity index (χ2v) is 7.09. The summed E-state index contributed by atoms with van der Waals surface area (Å²) in [5, 5.41) is 6.39. The van der Waals surface area contributed by atoms with E-state index in [-0.39, 0.29) is 29.5 Å². The highest BCUT2D eigenvalue weighted by atomic mass is 32.1. The lowest BCUT2D eigenvalue weighted by molar-refractivity contribution is 0.0950. The summed E-state index contributed by atoms with van der Waals surface area (Å²) in [6, 6.07) is 9.38. The second-order valence-electron chi connectivity index (χ2n) is 5.14. The Morgan fingerprint density at radius 1 is 1.16 bits per heavy atom. The summed E-state index contributed by atoms with van der Waals surface area (Å²) >= 11 is 2.80. The number of nitrogens with one attached hydrogen (secondary N) is 1. The molecule has 2 aromatic heterocycles. The summed E-state index contributed by atoms with van der Waals surface area (Å²) in [5.74, 6) is -0.914. The molecule has 0 spiro atoms. The molecule has 0 aliphatic heterocycles. The summed E-state index contributed by atoms with van der Waals surface area (Å²) in [6.07, 6.45) is 0. The highest BCUT2D eigenvalue weighted by molar-refractivity contribution is 7.14. The van der Waals surface area contributed by atoms with E-state index in [1.807, 2.05) is 10.8 Å². The van der Waals surface area contributed by atoms with Crippen LogP contribution in [0.3, 0.4) is 0 Å². The van der Waals surface area contributed by atoms with Crippen molar-refractivity contribution >= 4 is 34.4 Å². The van der Waals surface area contributed by atoms with Gasteiger partial charge in [-0.1, -0.05) is 0 Å². The number of halogens is 1. The Morgan fingerprint density at radius 2 is 2.00 bits per heavy atom. The number of benzene rings is 1. The Hall–Kier alpha value is -2.51. The fourth-order valence-electron chi connectivity index (χ4n) is 2.21. The predicted molar refractivity (Wildman–Crippen MR) is 96.2 cm³/mol. The minimum atomic E-state index is -0.588. The van der Waals surface area contributed by atoms with Crippen molar-refractivity contribution in [2.24, 2.45) is 0 Å². The first-order chi connectivity index (χ1) is 12.1.